The smallest absolute Gasteiger partial charge is 0.148 e. The standard InChI is InChI=1S/C70H48F2N4/c1-43-15-5-9-23-55(43)51-37-61(57-25-11-7-17-45(57)3)69(63(71)39-51)75(53-21-13-19-47(35-53)41-73)65-33-29-49-28-32-60-66(34-30-50-27-31-59(65)67(49)68(50)60)76(54-22-14-20-48(36-54)42-74)70-62(58-26-12-8-18-46(58)4)38-52(40-64(70)72)56-24-10-6-16-44(56)2/h5-40H,1-4H3. The monoisotopic (exact) mass is 982 g/mol. The molecule has 4 nitrogen and oxygen atoms in total. The summed E-state index contributed by atoms with van der Waals surface area (Å²) in [6, 6.07) is 75.5. The van der Waals surface area contributed by atoms with Crippen molar-refractivity contribution in [3.05, 3.63) is 263 Å². The van der Waals surface area contributed by atoms with Crippen molar-refractivity contribution in [2.24, 2.45) is 0 Å². The van der Waals surface area contributed by atoms with Gasteiger partial charge in [-0.15, -0.1) is 0 Å². The number of hydrogen-bond acceptors (Lipinski definition) is 4. The van der Waals surface area contributed by atoms with Gasteiger partial charge in [0.15, 0.2) is 0 Å². The van der Waals surface area contributed by atoms with E-state index < -0.39 is 11.6 Å². The molecule has 12 rings (SSSR count). The van der Waals surface area contributed by atoms with E-state index in [-0.39, 0.29) is 0 Å². The predicted octanol–water partition coefficient (Wildman–Crippen LogP) is 19.4. The third-order valence-electron chi connectivity index (χ3n) is 14.9. The Morgan fingerprint density at radius 1 is 0.342 bits per heavy atom. The Morgan fingerprint density at radius 3 is 1.07 bits per heavy atom. The van der Waals surface area contributed by atoms with E-state index in [0.717, 1.165) is 88.0 Å². The van der Waals surface area contributed by atoms with Gasteiger partial charge in [0.25, 0.3) is 0 Å². The fourth-order valence-corrected chi connectivity index (χ4v) is 11.3. The molecule has 12 aromatic carbocycles. The Bertz CT molecular complexity index is 4090. The number of benzene rings is 12. The summed E-state index contributed by atoms with van der Waals surface area (Å²) < 4.78 is 36.1. The highest BCUT2D eigenvalue weighted by Crippen LogP contribution is 2.52. The number of halogens is 2. The highest BCUT2D eigenvalue weighted by atomic mass is 19.1. The van der Waals surface area contributed by atoms with Crippen LogP contribution in [0.2, 0.25) is 0 Å². The van der Waals surface area contributed by atoms with Gasteiger partial charge in [-0.25, -0.2) is 8.78 Å². The van der Waals surface area contributed by atoms with Crippen LogP contribution in [-0.4, -0.2) is 0 Å². The largest absolute Gasteiger partial charge is 0.306 e. The zero-order valence-corrected chi connectivity index (χ0v) is 42.3. The maximum Gasteiger partial charge on any atom is 0.148 e. The van der Waals surface area contributed by atoms with Crippen molar-refractivity contribution < 1.29 is 8.78 Å². The average molecular weight is 983 g/mol. The van der Waals surface area contributed by atoms with Crippen LogP contribution in [0.25, 0.3) is 76.8 Å². The van der Waals surface area contributed by atoms with Crippen molar-refractivity contribution in [3.8, 4) is 56.6 Å². The summed E-state index contributed by atoms with van der Waals surface area (Å²) in [6.45, 7) is 8.16. The fourth-order valence-electron chi connectivity index (χ4n) is 11.3. The van der Waals surface area contributed by atoms with E-state index >= 15 is 8.78 Å². The van der Waals surface area contributed by atoms with Gasteiger partial charge in [0.1, 0.15) is 11.6 Å². The second-order valence-electron chi connectivity index (χ2n) is 19.6. The van der Waals surface area contributed by atoms with E-state index in [1.165, 1.54) is 0 Å². The topological polar surface area (TPSA) is 54.1 Å². The van der Waals surface area contributed by atoms with Crippen LogP contribution < -0.4 is 9.80 Å². The van der Waals surface area contributed by atoms with E-state index in [0.29, 0.717) is 56.4 Å². The lowest BCUT2D eigenvalue weighted by Crippen LogP contribution is -2.15. The maximum atomic E-state index is 18.1. The molecule has 0 unspecified atom stereocenters. The maximum absolute atomic E-state index is 18.1. The van der Waals surface area contributed by atoms with Crippen LogP contribution in [0.1, 0.15) is 33.4 Å². The van der Waals surface area contributed by atoms with Crippen LogP contribution in [0.15, 0.2) is 218 Å². The summed E-state index contributed by atoms with van der Waals surface area (Å²) in [5.41, 5.74) is 14.7. The molecule has 0 bridgehead atoms. The average Bonchev–Trinajstić information content (AvgIpc) is 3.57. The van der Waals surface area contributed by atoms with Gasteiger partial charge in [0.05, 0.1) is 46.0 Å². The van der Waals surface area contributed by atoms with Crippen molar-refractivity contribution >= 4 is 66.4 Å². The van der Waals surface area contributed by atoms with E-state index in [2.05, 4.69) is 60.7 Å². The molecule has 0 aromatic heterocycles. The highest BCUT2D eigenvalue weighted by Gasteiger charge is 2.29. The lowest BCUT2D eigenvalue weighted by Gasteiger charge is -2.32. The Hall–Kier alpha value is -9.88. The first-order valence-electron chi connectivity index (χ1n) is 25.3. The molecule has 0 atom stereocenters. The van der Waals surface area contributed by atoms with Gasteiger partial charge < -0.3 is 9.80 Å². The number of rotatable bonds is 10. The summed E-state index contributed by atoms with van der Waals surface area (Å²) in [5, 5.41) is 26.1. The molecule has 0 fully saturated rings. The van der Waals surface area contributed by atoms with Crippen LogP contribution >= 0.6 is 0 Å². The Morgan fingerprint density at radius 2 is 0.697 bits per heavy atom. The molecule has 6 heteroatoms. The van der Waals surface area contributed by atoms with Crippen molar-refractivity contribution in [1.29, 1.82) is 10.5 Å². The Balaban J connectivity index is 1.15. The molecule has 0 aliphatic rings. The minimum Gasteiger partial charge on any atom is -0.306 e. The molecular formula is C70H48F2N4. The van der Waals surface area contributed by atoms with Gasteiger partial charge in [-0.05, 0) is 178 Å². The molecule has 0 aliphatic carbocycles. The number of anilines is 6. The van der Waals surface area contributed by atoms with Gasteiger partial charge in [-0.2, -0.15) is 10.5 Å². The molecular weight excluding hydrogens is 935 g/mol. The first kappa shape index (κ1) is 47.1. The molecule has 362 valence electrons. The molecule has 0 saturated heterocycles. The molecule has 0 radical (unpaired) electrons. The zero-order chi connectivity index (χ0) is 52.2. The second kappa shape index (κ2) is 19.2. The van der Waals surface area contributed by atoms with E-state index in [9.17, 15) is 10.5 Å². The van der Waals surface area contributed by atoms with Gasteiger partial charge in [-0.1, -0.05) is 146 Å². The molecule has 0 saturated carbocycles. The molecule has 0 aliphatic heterocycles. The van der Waals surface area contributed by atoms with Crippen LogP contribution in [0.4, 0.5) is 42.9 Å². The first-order valence-corrected chi connectivity index (χ1v) is 25.3. The number of aryl methyl sites for hydroxylation is 4. The summed E-state index contributed by atoms with van der Waals surface area (Å²) in [6.07, 6.45) is 0. The number of hydrogen-bond donors (Lipinski definition) is 0. The molecule has 12 aromatic rings. The second-order valence-corrected chi connectivity index (χ2v) is 19.6. The van der Waals surface area contributed by atoms with Crippen molar-refractivity contribution in [1.82, 2.24) is 0 Å². The van der Waals surface area contributed by atoms with Gasteiger partial charge in [-0.3, -0.25) is 0 Å². The highest BCUT2D eigenvalue weighted by molar-refractivity contribution is 6.28. The van der Waals surface area contributed by atoms with Crippen LogP contribution in [0.3, 0.4) is 0 Å². The summed E-state index contributed by atoms with van der Waals surface area (Å²) in [7, 11) is 0. The van der Waals surface area contributed by atoms with E-state index in [4.69, 9.17) is 0 Å². The lowest BCUT2D eigenvalue weighted by molar-refractivity contribution is 0.629. The van der Waals surface area contributed by atoms with E-state index in [1.807, 2.05) is 183 Å². The predicted molar refractivity (Wildman–Crippen MR) is 310 cm³/mol. The summed E-state index contributed by atoms with van der Waals surface area (Å²) in [5.74, 6) is -0.853. The van der Waals surface area contributed by atoms with Gasteiger partial charge >= 0.3 is 0 Å². The molecule has 0 N–H and O–H groups in total. The number of nitriles is 2. The summed E-state index contributed by atoms with van der Waals surface area (Å²) >= 11 is 0. The lowest BCUT2D eigenvalue weighted by atomic mass is 9.89. The van der Waals surface area contributed by atoms with E-state index in [1.54, 1.807) is 24.3 Å². The van der Waals surface area contributed by atoms with Crippen LogP contribution in [-0.2, 0) is 0 Å². The van der Waals surface area contributed by atoms with Gasteiger partial charge in [0, 0.05) is 33.3 Å². The zero-order valence-electron chi connectivity index (χ0n) is 42.3. The van der Waals surface area contributed by atoms with Crippen LogP contribution in [0, 0.1) is 62.0 Å². The van der Waals surface area contributed by atoms with Gasteiger partial charge in [0.2, 0.25) is 0 Å². The third-order valence-corrected chi connectivity index (χ3v) is 14.9. The molecule has 76 heavy (non-hydrogen) atoms. The SMILES string of the molecule is Cc1ccccc1-c1cc(F)c(N(c2cccc(C#N)c2)c2ccc3ccc4c(N(c5cccc(C#N)c5)c5c(F)cc(-c6ccccc6C)cc5-c5ccccc5C)ccc5ccc2c3c54)c(-c2ccccc2C)c1. The Kier molecular flexibility index (Phi) is 11.9. The molecule has 0 heterocycles. The third kappa shape index (κ3) is 8.05. The minimum absolute atomic E-state index is 0.342. The minimum atomic E-state index is -0.426. The van der Waals surface area contributed by atoms with Crippen molar-refractivity contribution in [2.45, 2.75) is 27.7 Å². The Labute approximate surface area is 441 Å². The fraction of sp³-hybridized carbons (Fsp3) is 0.0571. The normalized spacial score (nSPS) is 11.3. The molecule has 0 spiro atoms. The first-order chi connectivity index (χ1) is 37.1. The molecule has 0 amide bonds. The van der Waals surface area contributed by atoms with Crippen LogP contribution in [0.5, 0.6) is 0 Å². The number of nitrogens with zero attached hydrogens (tertiary/aromatic N) is 4. The van der Waals surface area contributed by atoms with Crippen molar-refractivity contribution in [2.75, 3.05) is 9.80 Å². The van der Waals surface area contributed by atoms with Crippen molar-refractivity contribution in [3.63, 3.8) is 0 Å². The summed E-state index contributed by atoms with van der Waals surface area (Å²) in [4.78, 5) is 3.93. The quantitative estimate of drug-likeness (QED) is 0.128.